The summed E-state index contributed by atoms with van der Waals surface area (Å²) in [7, 11) is -1.77. The van der Waals surface area contributed by atoms with Crippen LogP contribution in [0.25, 0.3) is 6.08 Å². The second kappa shape index (κ2) is 11.1. The molecule has 34 heavy (non-hydrogen) atoms. The van der Waals surface area contributed by atoms with Gasteiger partial charge in [-0.3, -0.25) is 9.59 Å². The number of hydrogen-bond donors (Lipinski definition) is 2. The van der Waals surface area contributed by atoms with Crippen LogP contribution in [0.1, 0.15) is 40.2 Å². The van der Waals surface area contributed by atoms with E-state index in [1.54, 1.807) is 49.6 Å². The van der Waals surface area contributed by atoms with Gasteiger partial charge in [-0.25, -0.2) is 8.42 Å². The zero-order valence-corrected chi connectivity index (χ0v) is 20.7. The van der Waals surface area contributed by atoms with Crippen LogP contribution in [0, 0.1) is 0 Å². The number of carbonyl (C=O) groups is 2. The highest BCUT2D eigenvalue weighted by Gasteiger charge is 2.19. The smallest absolute Gasteiger partial charge is 0.268 e. The highest BCUT2D eigenvalue weighted by Crippen LogP contribution is 2.21. The highest BCUT2D eigenvalue weighted by molar-refractivity contribution is 7.90. The minimum absolute atomic E-state index is 0.106. The van der Waals surface area contributed by atoms with Crippen LogP contribution in [0.2, 0.25) is 0 Å². The summed E-state index contributed by atoms with van der Waals surface area (Å²) in [6.45, 7) is 1.91. The first-order chi connectivity index (χ1) is 16.2. The zero-order valence-electron chi connectivity index (χ0n) is 19.1. The van der Waals surface area contributed by atoms with Crippen molar-refractivity contribution in [1.82, 2.24) is 10.6 Å². The Morgan fingerprint density at radius 2 is 1.74 bits per heavy atom. The van der Waals surface area contributed by atoms with E-state index in [-0.39, 0.29) is 16.6 Å². The molecule has 2 amide bonds. The van der Waals surface area contributed by atoms with E-state index in [1.165, 1.54) is 23.5 Å². The maximum atomic E-state index is 13.2. The molecule has 0 fully saturated rings. The Bertz CT molecular complexity index is 1260. The molecule has 0 aliphatic rings. The van der Waals surface area contributed by atoms with Crippen LogP contribution in [0.4, 0.5) is 0 Å². The Morgan fingerprint density at radius 3 is 2.26 bits per heavy atom. The average molecular weight is 499 g/mol. The molecule has 0 unspecified atom stereocenters. The Kier molecular flexibility index (Phi) is 8.25. The Morgan fingerprint density at radius 1 is 1.06 bits per heavy atom. The van der Waals surface area contributed by atoms with Gasteiger partial charge in [0.2, 0.25) is 0 Å². The van der Waals surface area contributed by atoms with Crippen LogP contribution < -0.4 is 15.4 Å². The topological polar surface area (TPSA) is 102 Å². The van der Waals surface area contributed by atoms with Gasteiger partial charge in [-0.05, 0) is 65.9 Å². The fourth-order valence-electron chi connectivity index (χ4n) is 3.22. The van der Waals surface area contributed by atoms with Crippen molar-refractivity contribution in [1.29, 1.82) is 0 Å². The maximum absolute atomic E-state index is 13.2. The van der Waals surface area contributed by atoms with E-state index < -0.39 is 21.7 Å². The summed E-state index contributed by atoms with van der Waals surface area (Å²) in [5.74, 6) is -0.253. The molecule has 0 bridgehead atoms. The lowest BCUT2D eigenvalue weighted by atomic mass is 10.0. The maximum Gasteiger partial charge on any atom is 0.268 e. The molecule has 9 heteroatoms. The number of amides is 2. The first kappa shape index (κ1) is 25.2. The van der Waals surface area contributed by atoms with Gasteiger partial charge < -0.3 is 15.4 Å². The number of nitrogens with one attached hydrogen (secondary N) is 2. The second-order valence-corrected chi connectivity index (χ2v) is 10.5. The minimum Gasteiger partial charge on any atom is -0.497 e. The standard InChI is InChI=1S/C25H26N2O5S2/c1-4-22(17-9-13-21(14-10-17)34(3,30)31)26-25(29)23(16-20-6-5-15-33-20)27-24(28)18-7-11-19(32-2)12-8-18/h5-16,22H,4H2,1-3H3,(H,26,29)(H,27,28)/b23-16-/t22-/m1/s1. The molecule has 0 aliphatic heterocycles. The predicted molar refractivity (Wildman–Crippen MR) is 133 cm³/mol. The summed E-state index contributed by atoms with van der Waals surface area (Å²) in [6.07, 6.45) is 3.35. The molecule has 2 aromatic carbocycles. The molecule has 0 spiro atoms. The van der Waals surface area contributed by atoms with Gasteiger partial charge in [0.05, 0.1) is 18.0 Å². The summed E-state index contributed by atoms with van der Waals surface area (Å²) in [5, 5.41) is 7.54. The molecule has 0 saturated carbocycles. The zero-order chi connectivity index (χ0) is 24.7. The highest BCUT2D eigenvalue weighted by atomic mass is 32.2. The first-order valence-electron chi connectivity index (χ1n) is 10.5. The van der Waals surface area contributed by atoms with Crippen molar-refractivity contribution >= 4 is 39.1 Å². The van der Waals surface area contributed by atoms with Gasteiger partial charge in [-0.1, -0.05) is 25.1 Å². The number of hydrogen-bond acceptors (Lipinski definition) is 6. The molecule has 0 saturated heterocycles. The van der Waals surface area contributed by atoms with Crippen LogP contribution in [-0.2, 0) is 14.6 Å². The van der Waals surface area contributed by atoms with Crippen LogP contribution in [0.15, 0.2) is 76.6 Å². The summed E-state index contributed by atoms with van der Waals surface area (Å²) in [5.41, 5.74) is 1.25. The quantitative estimate of drug-likeness (QED) is 0.431. The second-order valence-electron chi connectivity index (χ2n) is 7.53. The third-order valence-electron chi connectivity index (χ3n) is 5.10. The molecule has 0 radical (unpaired) electrons. The lowest BCUT2D eigenvalue weighted by Gasteiger charge is -2.19. The molecule has 178 valence electrons. The summed E-state index contributed by atoms with van der Waals surface area (Å²) in [4.78, 5) is 27.0. The van der Waals surface area contributed by atoms with Gasteiger partial charge >= 0.3 is 0 Å². The van der Waals surface area contributed by atoms with Gasteiger partial charge in [0, 0.05) is 16.7 Å². The average Bonchev–Trinajstić information content (AvgIpc) is 3.34. The number of rotatable bonds is 9. The number of methoxy groups -OCH3 is 1. The molecular formula is C25H26N2O5S2. The lowest BCUT2D eigenvalue weighted by Crippen LogP contribution is -2.36. The molecule has 0 aliphatic carbocycles. The SMILES string of the molecule is CC[C@@H](NC(=O)/C(=C/c1cccs1)NC(=O)c1ccc(OC)cc1)c1ccc(S(C)(=O)=O)cc1. The third-order valence-corrected chi connectivity index (χ3v) is 7.05. The molecule has 1 atom stereocenters. The van der Waals surface area contributed by atoms with Gasteiger partial charge in [0.1, 0.15) is 11.4 Å². The Balaban J connectivity index is 1.82. The van der Waals surface area contributed by atoms with Gasteiger partial charge in [-0.2, -0.15) is 0 Å². The molecule has 2 N–H and O–H groups in total. The van der Waals surface area contributed by atoms with Crippen molar-refractivity contribution < 1.29 is 22.7 Å². The molecule has 1 aromatic heterocycles. The molecule has 7 nitrogen and oxygen atoms in total. The number of ether oxygens (including phenoxy) is 1. The van der Waals surface area contributed by atoms with Gasteiger partial charge in [-0.15, -0.1) is 11.3 Å². The van der Waals surface area contributed by atoms with Gasteiger partial charge in [0.25, 0.3) is 11.8 Å². The summed E-state index contributed by atoms with van der Waals surface area (Å²) in [6, 6.07) is 16.3. The van der Waals surface area contributed by atoms with E-state index >= 15 is 0 Å². The van der Waals surface area contributed by atoms with Crippen LogP contribution >= 0.6 is 11.3 Å². The normalized spacial score (nSPS) is 12.6. The van der Waals surface area contributed by atoms with E-state index in [9.17, 15) is 18.0 Å². The van der Waals surface area contributed by atoms with Gasteiger partial charge in [0.15, 0.2) is 9.84 Å². The fourth-order valence-corrected chi connectivity index (χ4v) is 4.50. The third kappa shape index (κ3) is 6.55. The largest absolute Gasteiger partial charge is 0.497 e. The number of carbonyl (C=O) groups excluding carboxylic acids is 2. The van der Waals surface area contributed by atoms with Crippen molar-refractivity contribution in [2.24, 2.45) is 0 Å². The van der Waals surface area contributed by atoms with E-state index in [4.69, 9.17) is 4.74 Å². The van der Waals surface area contributed by atoms with E-state index in [0.29, 0.717) is 17.7 Å². The fraction of sp³-hybridized carbons (Fsp3) is 0.200. The minimum atomic E-state index is -3.31. The molecule has 3 rings (SSSR count). The lowest BCUT2D eigenvalue weighted by molar-refractivity contribution is -0.118. The van der Waals surface area contributed by atoms with Crippen LogP contribution in [0.5, 0.6) is 5.75 Å². The molecular weight excluding hydrogens is 472 g/mol. The van der Waals surface area contributed by atoms with Crippen molar-refractivity contribution in [3.05, 3.63) is 87.7 Å². The van der Waals surface area contributed by atoms with E-state index in [0.717, 1.165) is 16.7 Å². The monoisotopic (exact) mass is 498 g/mol. The number of sulfone groups is 1. The molecule has 1 heterocycles. The van der Waals surface area contributed by atoms with E-state index in [2.05, 4.69) is 10.6 Å². The van der Waals surface area contributed by atoms with Crippen molar-refractivity contribution in [3.8, 4) is 5.75 Å². The number of benzene rings is 2. The Labute approximate surface area is 203 Å². The predicted octanol–water partition coefficient (Wildman–Crippen LogP) is 4.20. The molecule has 3 aromatic rings. The summed E-state index contributed by atoms with van der Waals surface area (Å²) < 4.78 is 28.6. The number of thiophene rings is 1. The Hall–Kier alpha value is -3.43. The van der Waals surface area contributed by atoms with Crippen molar-refractivity contribution in [2.75, 3.05) is 13.4 Å². The van der Waals surface area contributed by atoms with Crippen molar-refractivity contribution in [2.45, 2.75) is 24.3 Å². The first-order valence-corrected chi connectivity index (χ1v) is 13.3. The van der Waals surface area contributed by atoms with Crippen molar-refractivity contribution in [3.63, 3.8) is 0 Å². The van der Waals surface area contributed by atoms with E-state index in [1.807, 2.05) is 24.4 Å². The van der Waals surface area contributed by atoms with Crippen LogP contribution in [-0.4, -0.2) is 33.6 Å². The summed E-state index contributed by atoms with van der Waals surface area (Å²) >= 11 is 1.44. The van der Waals surface area contributed by atoms with Crippen LogP contribution in [0.3, 0.4) is 0 Å².